The molecule has 2 rings (SSSR count). The molecule has 6 nitrogen and oxygen atoms in total. The van der Waals surface area contributed by atoms with Crippen LogP contribution in [-0.2, 0) is 10.5 Å². The number of aromatic nitrogens is 4. The first kappa shape index (κ1) is 11.6. The third kappa shape index (κ3) is 3.04. The average molecular weight is 250 g/mol. The fourth-order valence-electron chi connectivity index (χ4n) is 1.15. The van der Waals surface area contributed by atoms with Crippen molar-refractivity contribution in [3.05, 3.63) is 35.9 Å². The molecule has 0 atom stereocenters. The van der Waals surface area contributed by atoms with E-state index >= 15 is 0 Å². The summed E-state index contributed by atoms with van der Waals surface area (Å²) in [7, 11) is 1.34. The van der Waals surface area contributed by atoms with Crippen LogP contribution in [0.2, 0.25) is 0 Å². The van der Waals surface area contributed by atoms with Gasteiger partial charge in [-0.25, -0.2) is 9.78 Å². The number of carbonyl (C=O) groups excluding carboxylic acids is 1. The van der Waals surface area contributed by atoms with Gasteiger partial charge in [0, 0.05) is 11.9 Å². The minimum atomic E-state index is -0.382. The first-order valence-electron chi connectivity index (χ1n) is 4.81. The maximum absolute atomic E-state index is 11.2. The quantitative estimate of drug-likeness (QED) is 0.650. The number of nitrogens with zero attached hydrogens (tertiary/aromatic N) is 3. The van der Waals surface area contributed by atoms with Gasteiger partial charge < -0.3 is 4.74 Å². The highest BCUT2D eigenvalue weighted by atomic mass is 32.2. The van der Waals surface area contributed by atoms with Crippen molar-refractivity contribution in [1.82, 2.24) is 20.2 Å². The van der Waals surface area contributed by atoms with Gasteiger partial charge >= 0.3 is 5.97 Å². The normalized spacial score (nSPS) is 10.2. The molecule has 0 aliphatic rings. The number of H-pyrrole nitrogens is 1. The zero-order valence-corrected chi connectivity index (χ0v) is 9.90. The lowest BCUT2D eigenvalue weighted by molar-refractivity contribution is 0.0600. The molecule has 7 heteroatoms. The summed E-state index contributed by atoms with van der Waals surface area (Å²) in [4.78, 5) is 19.3. The van der Waals surface area contributed by atoms with E-state index in [1.54, 1.807) is 12.1 Å². The summed E-state index contributed by atoms with van der Waals surface area (Å²) < 4.78 is 4.59. The number of aromatic amines is 1. The topological polar surface area (TPSA) is 80.8 Å². The molecule has 17 heavy (non-hydrogen) atoms. The van der Waals surface area contributed by atoms with Crippen LogP contribution in [0.15, 0.2) is 29.8 Å². The second-order valence-electron chi connectivity index (χ2n) is 3.11. The highest BCUT2D eigenvalue weighted by molar-refractivity contribution is 7.98. The van der Waals surface area contributed by atoms with E-state index < -0.39 is 0 Å². The Morgan fingerprint density at radius 1 is 1.47 bits per heavy atom. The predicted molar refractivity (Wildman–Crippen MR) is 61.5 cm³/mol. The molecule has 0 unspecified atom stereocenters. The van der Waals surface area contributed by atoms with Crippen LogP contribution >= 0.6 is 11.8 Å². The Kier molecular flexibility index (Phi) is 3.71. The summed E-state index contributed by atoms with van der Waals surface area (Å²) in [6.07, 6.45) is 2.96. The molecule has 0 fully saturated rings. The van der Waals surface area contributed by atoms with E-state index in [1.165, 1.54) is 31.4 Å². The monoisotopic (exact) mass is 250 g/mol. The molecule has 0 aromatic carbocycles. The molecule has 2 heterocycles. The van der Waals surface area contributed by atoms with Gasteiger partial charge in [-0.1, -0.05) is 11.8 Å². The Labute approximate surface area is 102 Å². The second kappa shape index (κ2) is 5.44. The van der Waals surface area contributed by atoms with Gasteiger partial charge in [-0.2, -0.15) is 5.10 Å². The number of hydrogen-bond acceptors (Lipinski definition) is 6. The van der Waals surface area contributed by atoms with E-state index in [2.05, 4.69) is 24.9 Å². The first-order chi connectivity index (χ1) is 8.29. The maximum atomic E-state index is 11.2. The minimum Gasteiger partial charge on any atom is -0.465 e. The van der Waals surface area contributed by atoms with E-state index in [0.29, 0.717) is 11.3 Å². The molecule has 0 aliphatic carbocycles. The Balaban J connectivity index is 1.96. The van der Waals surface area contributed by atoms with E-state index in [0.717, 1.165) is 10.9 Å². The van der Waals surface area contributed by atoms with Crippen LogP contribution in [0.3, 0.4) is 0 Å². The standard InChI is InChI=1S/C10H10N4O2S/c1-16-9(15)7-2-3-8(11-4-7)5-17-10-12-6-13-14-10/h2-4,6H,5H2,1H3,(H,12,13,14). The average Bonchev–Trinajstić information content (AvgIpc) is 2.89. The fourth-order valence-corrected chi connectivity index (χ4v) is 1.85. The number of esters is 1. The largest absolute Gasteiger partial charge is 0.465 e. The lowest BCUT2D eigenvalue weighted by Gasteiger charge is -2.00. The lowest BCUT2D eigenvalue weighted by atomic mass is 10.2. The van der Waals surface area contributed by atoms with Crippen molar-refractivity contribution in [1.29, 1.82) is 0 Å². The highest BCUT2D eigenvalue weighted by Crippen LogP contribution is 2.16. The molecule has 0 spiro atoms. The molecule has 0 aliphatic heterocycles. The maximum Gasteiger partial charge on any atom is 0.339 e. The number of ether oxygens (including phenoxy) is 1. The van der Waals surface area contributed by atoms with Crippen molar-refractivity contribution >= 4 is 17.7 Å². The number of methoxy groups -OCH3 is 1. The van der Waals surface area contributed by atoms with Gasteiger partial charge in [0.2, 0.25) is 0 Å². The SMILES string of the molecule is COC(=O)c1ccc(CSc2ncn[nH]2)nc1. The van der Waals surface area contributed by atoms with Crippen molar-refractivity contribution in [3.63, 3.8) is 0 Å². The number of hydrogen-bond donors (Lipinski definition) is 1. The molecular weight excluding hydrogens is 240 g/mol. The predicted octanol–water partition coefficient (Wildman–Crippen LogP) is 1.28. The molecule has 0 bridgehead atoms. The van der Waals surface area contributed by atoms with Crippen molar-refractivity contribution < 1.29 is 9.53 Å². The van der Waals surface area contributed by atoms with Crippen LogP contribution in [0.5, 0.6) is 0 Å². The lowest BCUT2D eigenvalue weighted by Crippen LogP contribution is -2.02. The van der Waals surface area contributed by atoms with Crippen molar-refractivity contribution in [3.8, 4) is 0 Å². The Bertz CT molecular complexity index is 484. The molecular formula is C10H10N4O2S. The highest BCUT2D eigenvalue weighted by Gasteiger charge is 2.06. The van der Waals surface area contributed by atoms with Gasteiger partial charge in [0.25, 0.3) is 0 Å². The van der Waals surface area contributed by atoms with Gasteiger partial charge in [0.15, 0.2) is 5.16 Å². The molecule has 0 radical (unpaired) electrons. The third-order valence-corrected chi connectivity index (χ3v) is 2.91. The zero-order chi connectivity index (χ0) is 12.1. The Hall–Kier alpha value is -1.89. The first-order valence-corrected chi connectivity index (χ1v) is 5.79. The van der Waals surface area contributed by atoms with Gasteiger partial charge in [-0.3, -0.25) is 10.1 Å². The van der Waals surface area contributed by atoms with Crippen LogP contribution in [0.4, 0.5) is 0 Å². The fraction of sp³-hybridized carbons (Fsp3) is 0.200. The number of thioether (sulfide) groups is 1. The van der Waals surface area contributed by atoms with E-state index in [9.17, 15) is 4.79 Å². The van der Waals surface area contributed by atoms with Crippen LogP contribution in [-0.4, -0.2) is 33.2 Å². The molecule has 0 amide bonds. The molecule has 1 N–H and O–H groups in total. The van der Waals surface area contributed by atoms with Crippen molar-refractivity contribution in [2.45, 2.75) is 10.9 Å². The summed E-state index contributed by atoms with van der Waals surface area (Å²) in [5.41, 5.74) is 1.31. The van der Waals surface area contributed by atoms with Gasteiger partial charge in [0.1, 0.15) is 6.33 Å². The minimum absolute atomic E-state index is 0.382. The van der Waals surface area contributed by atoms with E-state index in [4.69, 9.17) is 0 Å². The summed E-state index contributed by atoms with van der Waals surface area (Å²) >= 11 is 1.49. The summed E-state index contributed by atoms with van der Waals surface area (Å²) in [5, 5.41) is 7.23. The number of nitrogens with one attached hydrogen (secondary N) is 1. The third-order valence-electron chi connectivity index (χ3n) is 2.00. The van der Waals surface area contributed by atoms with Gasteiger partial charge in [0.05, 0.1) is 18.4 Å². The molecule has 0 saturated heterocycles. The number of pyridine rings is 1. The molecule has 2 aromatic heterocycles. The summed E-state index contributed by atoms with van der Waals surface area (Å²) in [6, 6.07) is 3.48. The number of rotatable bonds is 4. The smallest absolute Gasteiger partial charge is 0.339 e. The summed E-state index contributed by atoms with van der Waals surface area (Å²) in [6.45, 7) is 0. The molecule has 2 aromatic rings. The van der Waals surface area contributed by atoms with Gasteiger partial charge in [-0.05, 0) is 12.1 Å². The van der Waals surface area contributed by atoms with Crippen LogP contribution in [0.25, 0.3) is 0 Å². The zero-order valence-electron chi connectivity index (χ0n) is 9.08. The van der Waals surface area contributed by atoms with Crippen LogP contribution < -0.4 is 0 Å². The Morgan fingerprint density at radius 2 is 2.35 bits per heavy atom. The van der Waals surface area contributed by atoms with E-state index in [-0.39, 0.29) is 5.97 Å². The van der Waals surface area contributed by atoms with Crippen LogP contribution in [0.1, 0.15) is 16.1 Å². The van der Waals surface area contributed by atoms with Crippen LogP contribution in [0, 0.1) is 0 Å². The number of carbonyl (C=O) groups is 1. The van der Waals surface area contributed by atoms with Crippen molar-refractivity contribution in [2.75, 3.05) is 7.11 Å². The second-order valence-corrected chi connectivity index (χ2v) is 4.07. The molecule has 88 valence electrons. The summed E-state index contributed by atoms with van der Waals surface area (Å²) in [5.74, 6) is 0.281. The van der Waals surface area contributed by atoms with E-state index in [1.807, 2.05) is 0 Å². The Morgan fingerprint density at radius 3 is 2.94 bits per heavy atom. The van der Waals surface area contributed by atoms with Gasteiger partial charge in [-0.15, -0.1) is 0 Å². The van der Waals surface area contributed by atoms with Crippen molar-refractivity contribution in [2.24, 2.45) is 0 Å². The molecule has 0 saturated carbocycles.